The summed E-state index contributed by atoms with van der Waals surface area (Å²) in [6.45, 7) is 4.95. The summed E-state index contributed by atoms with van der Waals surface area (Å²) in [6, 6.07) is 28.6. The van der Waals surface area contributed by atoms with Crippen LogP contribution in [-0.2, 0) is 29.1 Å². The summed E-state index contributed by atoms with van der Waals surface area (Å²) in [6.07, 6.45) is 2.47. The van der Waals surface area contributed by atoms with E-state index < -0.39 is 0 Å². The van der Waals surface area contributed by atoms with Crippen molar-refractivity contribution in [1.29, 1.82) is 0 Å². The van der Waals surface area contributed by atoms with Crippen molar-refractivity contribution in [2.45, 2.75) is 43.4 Å². The molecule has 0 amide bonds. The van der Waals surface area contributed by atoms with E-state index in [0.717, 1.165) is 32.3 Å². The van der Waals surface area contributed by atoms with Crippen LogP contribution in [0.3, 0.4) is 0 Å². The Labute approximate surface area is 243 Å². The van der Waals surface area contributed by atoms with Crippen LogP contribution in [0, 0.1) is 13.8 Å². The lowest BCUT2D eigenvalue weighted by atomic mass is 10.1. The Morgan fingerprint density at radius 2 is 1.32 bits per heavy atom. The SMILES string of the molecule is Cc1ccc(CC(=S)OCc2ccc(SSc3ccc(COC(=S)Nc4ccc(C)cc4)cc3)nc2)cc1. The molecule has 0 spiro atoms. The highest BCUT2D eigenvalue weighted by atomic mass is 33.1. The number of anilines is 1. The predicted molar refractivity (Wildman–Crippen MR) is 167 cm³/mol. The van der Waals surface area contributed by atoms with E-state index in [9.17, 15) is 0 Å². The number of thiocarbonyl (C=S) groups is 2. The molecule has 0 bridgehead atoms. The topological polar surface area (TPSA) is 43.4 Å². The maximum absolute atomic E-state index is 5.77. The molecule has 0 saturated heterocycles. The molecule has 8 heteroatoms. The molecule has 38 heavy (non-hydrogen) atoms. The lowest BCUT2D eigenvalue weighted by Crippen LogP contribution is -2.13. The third kappa shape index (κ3) is 9.44. The normalized spacial score (nSPS) is 10.6. The lowest BCUT2D eigenvalue weighted by molar-refractivity contribution is 0.294. The number of ether oxygens (including phenoxy) is 2. The largest absolute Gasteiger partial charge is 0.482 e. The number of nitrogens with one attached hydrogen (secondary N) is 1. The van der Waals surface area contributed by atoms with Crippen LogP contribution in [-0.4, -0.2) is 15.2 Å². The van der Waals surface area contributed by atoms with E-state index in [1.54, 1.807) is 21.6 Å². The molecule has 1 N–H and O–H groups in total. The van der Waals surface area contributed by atoms with Gasteiger partial charge in [0.25, 0.3) is 5.17 Å². The number of rotatable bonds is 10. The van der Waals surface area contributed by atoms with Crippen molar-refractivity contribution in [3.63, 3.8) is 0 Å². The molecule has 4 aromatic rings. The van der Waals surface area contributed by atoms with Crippen LogP contribution in [0.4, 0.5) is 5.69 Å². The number of hydrogen-bond donors (Lipinski definition) is 1. The van der Waals surface area contributed by atoms with Crippen molar-refractivity contribution in [1.82, 2.24) is 4.98 Å². The van der Waals surface area contributed by atoms with E-state index in [4.69, 9.17) is 33.9 Å². The molecule has 0 aliphatic rings. The Morgan fingerprint density at radius 3 is 1.97 bits per heavy atom. The Bertz CT molecular complexity index is 1230. The van der Waals surface area contributed by atoms with Gasteiger partial charge in [0.1, 0.15) is 18.2 Å². The number of pyridine rings is 1. The molecular formula is C30H28N2O2S4. The van der Waals surface area contributed by atoms with Gasteiger partial charge in [0.15, 0.2) is 5.05 Å². The van der Waals surface area contributed by atoms with E-state index in [2.05, 4.69) is 53.6 Å². The van der Waals surface area contributed by atoms with Gasteiger partial charge in [0.2, 0.25) is 0 Å². The maximum atomic E-state index is 5.77. The molecule has 194 valence electrons. The molecule has 0 unspecified atom stereocenters. The predicted octanol–water partition coefficient (Wildman–Crippen LogP) is 8.50. The molecule has 0 saturated carbocycles. The third-order valence-corrected chi connectivity index (χ3v) is 8.26. The first kappa shape index (κ1) is 28.1. The fraction of sp³-hybridized carbons (Fsp3) is 0.167. The van der Waals surface area contributed by atoms with Gasteiger partial charge in [-0.2, -0.15) is 0 Å². The van der Waals surface area contributed by atoms with Gasteiger partial charge in [-0.3, -0.25) is 0 Å². The van der Waals surface area contributed by atoms with Crippen molar-refractivity contribution in [2.24, 2.45) is 0 Å². The Morgan fingerprint density at radius 1 is 0.711 bits per heavy atom. The monoisotopic (exact) mass is 576 g/mol. The molecule has 0 fully saturated rings. The van der Waals surface area contributed by atoms with Gasteiger partial charge in [0, 0.05) is 28.8 Å². The molecular weight excluding hydrogens is 549 g/mol. The molecule has 4 nitrogen and oxygen atoms in total. The fourth-order valence-electron chi connectivity index (χ4n) is 3.30. The van der Waals surface area contributed by atoms with Crippen LogP contribution in [0.15, 0.2) is 101 Å². The molecule has 0 atom stereocenters. The van der Waals surface area contributed by atoms with E-state index in [-0.39, 0.29) is 0 Å². The van der Waals surface area contributed by atoms with Crippen molar-refractivity contribution < 1.29 is 9.47 Å². The van der Waals surface area contributed by atoms with E-state index in [1.807, 2.05) is 61.7 Å². The van der Waals surface area contributed by atoms with Crippen molar-refractivity contribution >= 4 is 61.9 Å². The van der Waals surface area contributed by atoms with Crippen LogP contribution in [0.5, 0.6) is 0 Å². The highest BCUT2D eigenvalue weighted by molar-refractivity contribution is 8.76. The second-order valence-corrected chi connectivity index (χ2v) is 11.8. The minimum Gasteiger partial charge on any atom is -0.482 e. The summed E-state index contributed by atoms with van der Waals surface area (Å²) < 4.78 is 11.5. The van der Waals surface area contributed by atoms with E-state index in [0.29, 0.717) is 29.9 Å². The summed E-state index contributed by atoms with van der Waals surface area (Å²) in [5.74, 6) is 0. The van der Waals surface area contributed by atoms with Gasteiger partial charge in [-0.15, -0.1) is 0 Å². The number of nitrogens with zero attached hydrogens (tertiary/aromatic N) is 1. The van der Waals surface area contributed by atoms with Gasteiger partial charge in [-0.1, -0.05) is 76.5 Å². The minimum absolute atomic E-state index is 0.357. The maximum Gasteiger partial charge on any atom is 0.261 e. The van der Waals surface area contributed by atoms with Crippen LogP contribution < -0.4 is 5.32 Å². The van der Waals surface area contributed by atoms with Crippen molar-refractivity contribution in [2.75, 3.05) is 5.32 Å². The number of benzene rings is 3. The lowest BCUT2D eigenvalue weighted by Gasteiger charge is -2.10. The summed E-state index contributed by atoms with van der Waals surface area (Å²) in [4.78, 5) is 5.68. The first-order valence-electron chi connectivity index (χ1n) is 12.0. The average molecular weight is 577 g/mol. The average Bonchev–Trinajstić information content (AvgIpc) is 2.93. The van der Waals surface area contributed by atoms with Crippen LogP contribution in [0.2, 0.25) is 0 Å². The van der Waals surface area contributed by atoms with Gasteiger partial charge < -0.3 is 14.8 Å². The summed E-state index contributed by atoms with van der Waals surface area (Å²) in [5.41, 5.74) is 6.55. The van der Waals surface area contributed by atoms with Gasteiger partial charge in [-0.25, -0.2) is 4.98 Å². The van der Waals surface area contributed by atoms with Gasteiger partial charge in [0.05, 0.1) is 0 Å². The molecule has 0 radical (unpaired) electrons. The van der Waals surface area contributed by atoms with Gasteiger partial charge in [-0.05, 0) is 90.5 Å². The first-order valence-corrected chi connectivity index (χ1v) is 15.0. The minimum atomic E-state index is 0.357. The Kier molecular flexibility index (Phi) is 10.6. The zero-order valence-electron chi connectivity index (χ0n) is 21.2. The molecule has 4 rings (SSSR count). The number of aryl methyl sites for hydroxylation is 2. The zero-order valence-corrected chi connectivity index (χ0v) is 24.4. The molecule has 0 aliphatic carbocycles. The standard InChI is InChI=1S/C30H28N2O2S4/c1-21-3-7-23(8-4-21)17-29(35)33-20-25-11-16-28(31-18-25)38-37-27-14-9-24(10-15-27)19-34-30(36)32-26-12-5-22(2)6-13-26/h3-16,18H,17,19-20H2,1-2H3,(H,32,36). The van der Waals surface area contributed by atoms with E-state index in [1.165, 1.54) is 11.1 Å². The molecule has 0 aliphatic heterocycles. The van der Waals surface area contributed by atoms with E-state index >= 15 is 0 Å². The highest BCUT2D eigenvalue weighted by Gasteiger charge is 2.05. The molecule has 1 heterocycles. The van der Waals surface area contributed by atoms with Crippen LogP contribution in [0.1, 0.15) is 27.8 Å². The fourth-order valence-corrected chi connectivity index (χ4v) is 5.53. The highest BCUT2D eigenvalue weighted by Crippen LogP contribution is 2.36. The van der Waals surface area contributed by atoms with Gasteiger partial charge >= 0.3 is 0 Å². The number of aromatic nitrogens is 1. The van der Waals surface area contributed by atoms with Crippen LogP contribution in [0.25, 0.3) is 0 Å². The Hall–Kier alpha value is -2.91. The second-order valence-electron chi connectivity index (χ2n) is 8.71. The molecule has 3 aromatic carbocycles. The Balaban J connectivity index is 1.16. The first-order chi connectivity index (χ1) is 18.4. The molecule has 1 aromatic heterocycles. The van der Waals surface area contributed by atoms with Crippen LogP contribution >= 0.6 is 46.0 Å². The summed E-state index contributed by atoms with van der Waals surface area (Å²) in [5, 5.41) is 4.97. The second kappa shape index (κ2) is 14.3. The van der Waals surface area contributed by atoms with Crippen molar-refractivity contribution in [3.8, 4) is 0 Å². The quantitative estimate of drug-likeness (QED) is 0.149. The summed E-state index contributed by atoms with van der Waals surface area (Å²) in [7, 11) is 3.27. The third-order valence-electron chi connectivity index (χ3n) is 5.48. The zero-order chi connectivity index (χ0) is 26.7. The number of hydrogen-bond acceptors (Lipinski definition) is 7. The summed E-state index contributed by atoms with van der Waals surface area (Å²) >= 11 is 10.7. The van der Waals surface area contributed by atoms with Crippen molar-refractivity contribution in [3.05, 3.63) is 119 Å². The smallest absolute Gasteiger partial charge is 0.261 e.